The van der Waals surface area contributed by atoms with E-state index in [2.05, 4.69) is 20.6 Å². The third-order valence-corrected chi connectivity index (χ3v) is 4.69. The normalized spacial score (nSPS) is 10.7. The second-order valence-corrected chi connectivity index (χ2v) is 6.54. The van der Waals surface area contributed by atoms with Crippen molar-refractivity contribution >= 4 is 34.0 Å². The molecule has 4 aromatic rings. The Kier molecular flexibility index (Phi) is 5.03. The van der Waals surface area contributed by atoms with Gasteiger partial charge in [0.15, 0.2) is 0 Å². The highest BCUT2D eigenvalue weighted by molar-refractivity contribution is 5.98. The molecule has 0 aliphatic carbocycles. The van der Waals surface area contributed by atoms with Crippen molar-refractivity contribution in [1.29, 1.82) is 0 Å². The van der Waals surface area contributed by atoms with Crippen LogP contribution in [0.25, 0.3) is 10.9 Å². The van der Waals surface area contributed by atoms with E-state index in [1.54, 1.807) is 13.2 Å². The van der Waals surface area contributed by atoms with Crippen LogP contribution in [0.2, 0.25) is 0 Å². The number of rotatable bonds is 7. The van der Waals surface area contributed by atoms with Crippen LogP contribution in [0.5, 0.6) is 5.75 Å². The van der Waals surface area contributed by atoms with Crippen LogP contribution >= 0.6 is 0 Å². The molecule has 0 radical (unpaired) electrons. The lowest BCUT2D eigenvalue weighted by atomic mass is 10.1. The van der Waals surface area contributed by atoms with Crippen LogP contribution in [0, 0.1) is 0 Å². The first kappa shape index (κ1) is 18.4. The number of carbonyl (C=O) groups is 1. The first-order chi connectivity index (χ1) is 14.1. The van der Waals surface area contributed by atoms with Gasteiger partial charge in [-0.1, -0.05) is 12.1 Å². The maximum absolute atomic E-state index is 11.8. The van der Waals surface area contributed by atoms with E-state index >= 15 is 0 Å². The van der Waals surface area contributed by atoms with E-state index in [0.717, 1.165) is 27.9 Å². The molecule has 0 atom stereocenters. The first-order valence-corrected chi connectivity index (χ1v) is 9.14. The second kappa shape index (κ2) is 7.93. The summed E-state index contributed by atoms with van der Waals surface area (Å²) in [5, 5.41) is 7.67. The van der Waals surface area contributed by atoms with Crippen LogP contribution in [0.4, 0.5) is 17.2 Å². The quantitative estimate of drug-likeness (QED) is 0.383. The summed E-state index contributed by atoms with van der Waals surface area (Å²) in [7, 11) is 1.62. The lowest BCUT2D eigenvalue weighted by Gasteiger charge is -2.13. The number of methoxy groups -OCH3 is 1. The first-order valence-electron chi connectivity index (χ1n) is 9.14. The zero-order valence-corrected chi connectivity index (χ0v) is 15.9. The van der Waals surface area contributed by atoms with Crippen LogP contribution in [0.1, 0.15) is 15.9 Å². The maximum atomic E-state index is 11.8. The molecule has 0 unspecified atom stereocenters. The number of benzene rings is 2. The number of ether oxygens (including phenoxy) is 1. The van der Waals surface area contributed by atoms with Crippen molar-refractivity contribution in [3.8, 4) is 5.75 Å². The Morgan fingerprint density at radius 1 is 1.17 bits per heavy atom. The van der Waals surface area contributed by atoms with Gasteiger partial charge < -0.3 is 26.1 Å². The summed E-state index contributed by atoms with van der Waals surface area (Å²) in [4.78, 5) is 19.4. The summed E-state index contributed by atoms with van der Waals surface area (Å²) >= 11 is 0. The van der Waals surface area contributed by atoms with Gasteiger partial charge in [-0.25, -0.2) is 4.98 Å². The lowest BCUT2D eigenvalue weighted by molar-refractivity contribution is 0.100. The number of fused-ring (bicyclic) bond motifs is 1. The summed E-state index contributed by atoms with van der Waals surface area (Å²) in [6, 6.07) is 17.4. The Bertz CT molecular complexity index is 1150. The molecule has 7 nitrogen and oxygen atoms in total. The molecule has 0 saturated carbocycles. The molecular weight excluding hydrogens is 366 g/mol. The number of hydrogen-bond donors (Lipinski definition) is 4. The minimum atomic E-state index is -0.532. The van der Waals surface area contributed by atoms with E-state index in [1.807, 2.05) is 54.7 Å². The molecule has 0 bridgehead atoms. The molecule has 146 valence electrons. The fraction of sp³-hybridized carbons (Fsp3) is 0.0909. The number of aromatic nitrogens is 2. The van der Waals surface area contributed by atoms with Gasteiger partial charge in [0.05, 0.1) is 18.4 Å². The summed E-state index contributed by atoms with van der Waals surface area (Å²) < 4.78 is 5.17. The van der Waals surface area contributed by atoms with E-state index < -0.39 is 5.91 Å². The molecule has 2 aromatic carbocycles. The highest BCUT2D eigenvalue weighted by atomic mass is 16.5. The standard InChI is InChI=1S/C22H21N5O2/c1-29-16-7-5-15(6-8-16)27-21-11-20(18(13-26-21)22(23)28)25-12-14-3-2-4-19-17(14)9-10-24-19/h2-11,13,24H,12H2,1H3,(H2,23,28)(H2,25,26,27). The average molecular weight is 387 g/mol. The van der Waals surface area contributed by atoms with E-state index in [0.29, 0.717) is 23.6 Å². The van der Waals surface area contributed by atoms with Gasteiger partial charge in [-0.2, -0.15) is 0 Å². The minimum absolute atomic E-state index is 0.339. The fourth-order valence-electron chi connectivity index (χ4n) is 3.18. The number of nitrogens with one attached hydrogen (secondary N) is 3. The number of aromatic amines is 1. The zero-order valence-electron chi connectivity index (χ0n) is 15.9. The van der Waals surface area contributed by atoms with Crippen molar-refractivity contribution in [1.82, 2.24) is 9.97 Å². The van der Waals surface area contributed by atoms with E-state index in [-0.39, 0.29) is 0 Å². The summed E-state index contributed by atoms with van der Waals surface area (Å²) in [5.41, 5.74) is 9.53. The SMILES string of the molecule is COc1ccc(Nc2cc(NCc3cccc4[nH]ccc34)c(C(N)=O)cn2)cc1. The van der Waals surface area contributed by atoms with Crippen molar-refractivity contribution in [3.05, 3.63) is 78.1 Å². The van der Waals surface area contributed by atoms with Crippen molar-refractivity contribution in [2.24, 2.45) is 5.73 Å². The molecule has 5 N–H and O–H groups in total. The molecule has 0 aliphatic rings. The Balaban J connectivity index is 1.57. The Morgan fingerprint density at radius 3 is 2.76 bits per heavy atom. The van der Waals surface area contributed by atoms with Gasteiger partial charge in [0, 0.05) is 41.6 Å². The van der Waals surface area contributed by atoms with Gasteiger partial charge in [0.25, 0.3) is 5.91 Å². The van der Waals surface area contributed by atoms with Gasteiger partial charge in [-0.15, -0.1) is 0 Å². The highest BCUT2D eigenvalue weighted by Gasteiger charge is 2.11. The lowest BCUT2D eigenvalue weighted by Crippen LogP contribution is -2.15. The van der Waals surface area contributed by atoms with Gasteiger partial charge in [0.2, 0.25) is 0 Å². The van der Waals surface area contributed by atoms with Gasteiger partial charge >= 0.3 is 0 Å². The number of carbonyl (C=O) groups excluding carboxylic acids is 1. The topological polar surface area (TPSA) is 105 Å². The van der Waals surface area contributed by atoms with Crippen LogP contribution in [-0.2, 0) is 6.54 Å². The Labute approximate surface area is 167 Å². The third kappa shape index (κ3) is 3.98. The molecule has 0 fully saturated rings. The molecule has 2 heterocycles. The predicted molar refractivity (Wildman–Crippen MR) is 115 cm³/mol. The Morgan fingerprint density at radius 2 is 2.00 bits per heavy atom. The van der Waals surface area contributed by atoms with Gasteiger partial charge in [-0.05, 0) is 42.0 Å². The smallest absolute Gasteiger partial charge is 0.252 e. The summed E-state index contributed by atoms with van der Waals surface area (Å²) in [6.45, 7) is 0.543. The van der Waals surface area contributed by atoms with Crippen LogP contribution < -0.4 is 21.1 Å². The number of nitrogens with two attached hydrogens (primary N) is 1. The zero-order chi connectivity index (χ0) is 20.2. The predicted octanol–water partition coefficient (Wildman–Crippen LogP) is 4.03. The van der Waals surface area contributed by atoms with E-state index in [4.69, 9.17) is 10.5 Å². The number of nitrogens with zero attached hydrogens (tertiary/aromatic N) is 1. The fourth-order valence-corrected chi connectivity index (χ4v) is 3.18. The monoisotopic (exact) mass is 387 g/mol. The van der Waals surface area contributed by atoms with E-state index in [1.165, 1.54) is 6.20 Å². The van der Waals surface area contributed by atoms with Crippen molar-refractivity contribution in [2.45, 2.75) is 6.54 Å². The average Bonchev–Trinajstić information content (AvgIpc) is 3.22. The summed E-state index contributed by atoms with van der Waals surface area (Å²) in [6.07, 6.45) is 3.39. The number of anilines is 3. The molecule has 0 saturated heterocycles. The van der Waals surface area contributed by atoms with Crippen molar-refractivity contribution in [2.75, 3.05) is 17.7 Å². The molecule has 29 heavy (non-hydrogen) atoms. The molecule has 0 aliphatic heterocycles. The van der Waals surface area contributed by atoms with Gasteiger partial charge in [0.1, 0.15) is 11.6 Å². The van der Waals surface area contributed by atoms with Crippen LogP contribution in [-0.4, -0.2) is 23.0 Å². The molecule has 2 aromatic heterocycles. The molecule has 4 rings (SSSR count). The number of primary amides is 1. The minimum Gasteiger partial charge on any atom is -0.497 e. The molecule has 1 amide bonds. The van der Waals surface area contributed by atoms with E-state index in [9.17, 15) is 4.79 Å². The van der Waals surface area contributed by atoms with Gasteiger partial charge in [-0.3, -0.25) is 4.79 Å². The number of H-pyrrole nitrogens is 1. The maximum Gasteiger partial charge on any atom is 0.252 e. The largest absolute Gasteiger partial charge is 0.497 e. The molecule has 7 heteroatoms. The van der Waals surface area contributed by atoms with Crippen molar-refractivity contribution < 1.29 is 9.53 Å². The van der Waals surface area contributed by atoms with Crippen molar-refractivity contribution in [3.63, 3.8) is 0 Å². The number of pyridine rings is 1. The third-order valence-electron chi connectivity index (χ3n) is 4.69. The van der Waals surface area contributed by atoms with Crippen LogP contribution in [0.3, 0.4) is 0 Å². The van der Waals surface area contributed by atoms with Crippen LogP contribution in [0.15, 0.2) is 67.0 Å². The summed E-state index contributed by atoms with van der Waals surface area (Å²) in [5.74, 6) is 0.840. The number of hydrogen-bond acceptors (Lipinski definition) is 5. The number of amides is 1. The highest BCUT2D eigenvalue weighted by Crippen LogP contribution is 2.24. The molecule has 0 spiro atoms. The Hall–Kier alpha value is -4.00. The molecular formula is C22H21N5O2. The second-order valence-electron chi connectivity index (χ2n) is 6.54.